The molecule has 3 rings (SSSR count). The van der Waals surface area contributed by atoms with E-state index in [0.717, 1.165) is 0 Å². The Hall–Kier alpha value is -3.59. The van der Waals surface area contributed by atoms with Crippen LogP contribution in [0.2, 0.25) is 5.02 Å². The smallest absolute Gasteiger partial charge is 0.275 e. The maximum Gasteiger partial charge on any atom is 0.275 e. The van der Waals surface area contributed by atoms with Gasteiger partial charge < -0.3 is 14.8 Å². The Balaban J connectivity index is 1.92. The van der Waals surface area contributed by atoms with Crippen molar-refractivity contribution >= 4 is 28.9 Å². The molecule has 0 saturated heterocycles. The van der Waals surface area contributed by atoms with Gasteiger partial charge in [-0.3, -0.25) is 20.0 Å². The lowest BCUT2D eigenvalue weighted by molar-refractivity contribution is -0.384. The van der Waals surface area contributed by atoms with Crippen LogP contribution < -0.4 is 14.8 Å². The first-order valence-corrected chi connectivity index (χ1v) is 7.96. The number of para-hydroxylation sites is 2. The van der Waals surface area contributed by atoms with E-state index >= 15 is 0 Å². The molecule has 138 valence electrons. The van der Waals surface area contributed by atoms with Crippen molar-refractivity contribution in [1.29, 1.82) is 0 Å². The number of anilines is 1. The van der Waals surface area contributed by atoms with Gasteiger partial charge in [-0.1, -0.05) is 23.7 Å². The van der Waals surface area contributed by atoms with Gasteiger partial charge in [0.2, 0.25) is 0 Å². The number of aromatic nitrogens is 2. The van der Waals surface area contributed by atoms with E-state index in [2.05, 4.69) is 15.5 Å². The highest BCUT2D eigenvalue weighted by Crippen LogP contribution is 2.34. The molecule has 1 aromatic heterocycles. The molecule has 0 fully saturated rings. The summed E-state index contributed by atoms with van der Waals surface area (Å²) in [6.45, 7) is 0. The number of H-pyrrole nitrogens is 1. The molecule has 0 aliphatic heterocycles. The molecular weight excluding hydrogens is 376 g/mol. The summed E-state index contributed by atoms with van der Waals surface area (Å²) < 4.78 is 10.9. The Morgan fingerprint density at radius 1 is 1.26 bits per heavy atom. The predicted molar refractivity (Wildman–Crippen MR) is 97.7 cm³/mol. The molecule has 1 heterocycles. The van der Waals surface area contributed by atoms with Gasteiger partial charge in [-0.25, -0.2) is 0 Å². The standard InChI is InChI=1S/C17H13ClN4O5/c1-26-14-4-2-3-5-15(14)27-12-7-10(6-11(8-12)22(24)25)20-17(23)16-13(18)9-19-21-16/h2-9H,1H3,(H,19,21)(H,20,23). The molecule has 10 heteroatoms. The number of nitro groups is 1. The molecule has 0 bridgehead atoms. The second kappa shape index (κ2) is 7.75. The van der Waals surface area contributed by atoms with Crippen LogP contribution in [0.15, 0.2) is 48.7 Å². The molecule has 2 N–H and O–H groups in total. The summed E-state index contributed by atoms with van der Waals surface area (Å²) in [5.74, 6) is 0.383. The number of benzene rings is 2. The number of hydrogen-bond donors (Lipinski definition) is 2. The van der Waals surface area contributed by atoms with Gasteiger partial charge >= 0.3 is 0 Å². The van der Waals surface area contributed by atoms with Crippen LogP contribution in [0.3, 0.4) is 0 Å². The van der Waals surface area contributed by atoms with Crippen LogP contribution in [0.25, 0.3) is 0 Å². The van der Waals surface area contributed by atoms with Crippen molar-refractivity contribution in [2.24, 2.45) is 0 Å². The molecule has 0 aliphatic carbocycles. The molecule has 3 aromatic rings. The third-order valence-corrected chi connectivity index (χ3v) is 3.76. The van der Waals surface area contributed by atoms with Gasteiger partial charge in [-0.15, -0.1) is 0 Å². The molecule has 0 aliphatic rings. The number of nitro benzene ring substituents is 1. The number of carbonyl (C=O) groups is 1. The van der Waals surface area contributed by atoms with Crippen LogP contribution >= 0.6 is 11.6 Å². The Kier molecular flexibility index (Phi) is 5.23. The summed E-state index contributed by atoms with van der Waals surface area (Å²) in [5, 5.41) is 20.0. The van der Waals surface area contributed by atoms with Gasteiger partial charge in [-0.05, 0) is 12.1 Å². The Labute approximate surface area is 158 Å². The fourth-order valence-electron chi connectivity index (χ4n) is 2.27. The summed E-state index contributed by atoms with van der Waals surface area (Å²) in [6.07, 6.45) is 1.28. The van der Waals surface area contributed by atoms with Gasteiger partial charge in [0.25, 0.3) is 11.6 Å². The fourth-order valence-corrected chi connectivity index (χ4v) is 2.45. The van der Waals surface area contributed by atoms with E-state index in [1.54, 1.807) is 24.3 Å². The van der Waals surface area contributed by atoms with Crippen LogP contribution in [-0.2, 0) is 0 Å². The van der Waals surface area contributed by atoms with Crippen molar-refractivity contribution in [2.75, 3.05) is 12.4 Å². The summed E-state index contributed by atoms with van der Waals surface area (Å²) in [6, 6.07) is 10.7. The van der Waals surface area contributed by atoms with Gasteiger partial charge in [0, 0.05) is 12.1 Å². The van der Waals surface area contributed by atoms with Gasteiger partial charge in [-0.2, -0.15) is 5.10 Å². The highest BCUT2D eigenvalue weighted by atomic mass is 35.5. The first-order valence-electron chi connectivity index (χ1n) is 7.58. The van der Waals surface area contributed by atoms with Crippen LogP contribution in [0.1, 0.15) is 10.5 Å². The molecule has 0 radical (unpaired) electrons. The number of methoxy groups -OCH3 is 1. The molecule has 27 heavy (non-hydrogen) atoms. The quantitative estimate of drug-likeness (QED) is 0.486. The zero-order valence-electron chi connectivity index (χ0n) is 13.9. The minimum atomic E-state index is -0.596. The van der Waals surface area contributed by atoms with E-state index in [0.29, 0.717) is 11.5 Å². The number of nitrogens with zero attached hydrogens (tertiary/aromatic N) is 2. The Bertz CT molecular complexity index is 1000. The average Bonchev–Trinajstić information content (AvgIpc) is 3.08. The topological polar surface area (TPSA) is 119 Å². The van der Waals surface area contributed by atoms with Crippen LogP contribution in [0.5, 0.6) is 17.2 Å². The number of hydrogen-bond acceptors (Lipinski definition) is 6. The fraction of sp³-hybridized carbons (Fsp3) is 0.0588. The molecule has 1 amide bonds. The van der Waals surface area contributed by atoms with Crippen molar-refractivity contribution in [3.63, 3.8) is 0 Å². The lowest BCUT2D eigenvalue weighted by Crippen LogP contribution is -2.13. The van der Waals surface area contributed by atoms with E-state index in [9.17, 15) is 14.9 Å². The number of non-ortho nitro benzene ring substituents is 1. The third-order valence-electron chi connectivity index (χ3n) is 3.48. The van der Waals surface area contributed by atoms with Crippen molar-refractivity contribution in [1.82, 2.24) is 10.2 Å². The summed E-state index contributed by atoms with van der Waals surface area (Å²) in [7, 11) is 1.48. The lowest BCUT2D eigenvalue weighted by atomic mass is 10.2. The minimum Gasteiger partial charge on any atom is -0.493 e. The van der Waals surface area contributed by atoms with E-state index in [1.165, 1.54) is 31.5 Å². The number of nitrogens with one attached hydrogen (secondary N) is 2. The van der Waals surface area contributed by atoms with Gasteiger partial charge in [0.05, 0.1) is 35.0 Å². The molecule has 0 atom stereocenters. The van der Waals surface area contributed by atoms with Crippen molar-refractivity contribution in [3.05, 3.63) is 69.5 Å². The van der Waals surface area contributed by atoms with Crippen LogP contribution in [0, 0.1) is 10.1 Å². The summed E-state index contributed by atoms with van der Waals surface area (Å²) >= 11 is 5.85. The lowest BCUT2D eigenvalue weighted by Gasteiger charge is -2.11. The van der Waals surface area contributed by atoms with E-state index in [4.69, 9.17) is 21.1 Å². The third kappa shape index (κ3) is 4.15. The molecule has 0 spiro atoms. The van der Waals surface area contributed by atoms with Crippen molar-refractivity contribution in [3.8, 4) is 17.2 Å². The number of rotatable bonds is 6. The number of ether oxygens (including phenoxy) is 2. The normalized spacial score (nSPS) is 10.3. The summed E-state index contributed by atoms with van der Waals surface area (Å²) in [5.41, 5.74) is -0.0615. The zero-order valence-corrected chi connectivity index (χ0v) is 14.7. The van der Waals surface area contributed by atoms with Crippen LogP contribution in [-0.4, -0.2) is 28.1 Å². The first-order chi connectivity index (χ1) is 13.0. The van der Waals surface area contributed by atoms with E-state index < -0.39 is 10.8 Å². The SMILES string of the molecule is COc1ccccc1Oc1cc(NC(=O)c2[nH]ncc2Cl)cc([N+](=O)[O-])c1. The molecule has 2 aromatic carbocycles. The first kappa shape index (κ1) is 18.2. The number of halogens is 1. The monoisotopic (exact) mass is 388 g/mol. The number of aromatic amines is 1. The van der Waals surface area contributed by atoms with Gasteiger partial charge in [0.15, 0.2) is 11.5 Å². The number of carbonyl (C=O) groups excluding carboxylic acids is 1. The Morgan fingerprint density at radius 2 is 2.00 bits per heavy atom. The minimum absolute atomic E-state index is 0.0374. The second-order valence-corrected chi connectivity index (χ2v) is 5.68. The maximum absolute atomic E-state index is 12.2. The second-order valence-electron chi connectivity index (χ2n) is 5.27. The zero-order chi connectivity index (χ0) is 19.4. The van der Waals surface area contributed by atoms with E-state index in [1.807, 2.05) is 0 Å². The maximum atomic E-state index is 12.2. The molecular formula is C17H13ClN4O5. The van der Waals surface area contributed by atoms with Crippen LogP contribution in [0.4, 0.5) is 11.4 Å². The van der Waals surface area contributed by atoms with Gasteiger partial charge in [0.1, 0.15) is 11.4 Å². The predicted octanol–water partition coefficient (Wildman–Crippen LogP) is 4.02. The summed E-state index contributed by atoms with van der Waals surface area (Å²) in [4.78, 5) is 22.9. The highest BCUT2D eigenvalue weighted by Gasteiger charge is 2.17. The molecule has 0 unspecified atom stereocenters. The number of amides is 1. The molecule has 0 saturated carbocycles. The van der Waals surface area contributed by atoms with Crippen molar-refractivity contribution < 1.29 is 19.2 Å². The Morgan fingerprint density at radius 3 is 2.63 bits per heavy atom. The van der Waals surface area contributed by atoms with Crippen molar-refractivity contribution in [2.45, 2.75) is 0 Å². The largest absolute Gasteiger partial charge is 0.493 e. The van der Waals surface area contributed by atoms with E-state index in [-0.39, 0.29) is 27.8 Å². The highest BCUT2D eigenvalue weighted by molar-refractivity contribution is 6.34. The molecule has 9 nitrogen and oxygen atoms in total. The average molecular weight is 389 g/mol.